The lowest BCUT2D eigenvalue weighted by Gasteiger charge is -2.18. The Morgan fingerprint density at radius 2 is 1.48 bits per heavy atom. The fourth-order valence-corrected chi connectivity index (χ4v) is 3.98. The maximum absolute atomic E-state index is 12.9. The number of hydrogen-bond acceptors (Lipinski definition) is 3. The van der Waals surface area contributed by atoms with E-state index in [1.54, 1.807) is 0 Å². The molecule has 0 aliphatic heterocycles. The summed E-state index contributed by atoms with van der Waals surface area (Å²) in [4.78, 5) is 12.9. The minimum absolute atomic E-state index is 0.115. The number of aryl methyl sites for hydroxylation is 1. The molecule has 0 spiro atoms. The van der Waals surface area contributed by atoms with E-state index in [9.17, 15) is 9.90 Å². The van der Waals surface area contributed by atoms with Crippen LogP contribution in [0.3, 0.4) is 0 Å². The monoisotopic (exact) mass is 464 g/mol. The van der Waals surface area contributed by atoms with Gasteiger partial charge in [0.15, 0.2) is 0 Å². The van der Waals surface area contributed by atoms with E-state index < -0.39 is 0 Å². The maximum atomic E-state index is 12.9. The molecule has 0 aliphatic carbocycles. The van der Waals surface area contributed by atoms with Gasteiger partial charge in [0.2, 0.25) is 0 Å². The molecule has 3 aromatic carbocycles. The largest absolute Gasteiger partial charge is 0.507 e. The van der Waals surface area contributed by atoms with Crippen LogP contribution in [-0.4, -0.2) is 11.1 Å². The number of ether oxygens (including phenoxy) is 1. The molecule has 0 fully saturated rings. The third kappa shape index (κ3) is 7.17. The first-order valence-electron chi connectivity index (χ1n) is 11.5. The molecule has 1 atom stereocenters. The quantitative estimate of drug-likeness (QED) is 0.249. The van der Waals surface area contributed by atoms with Gasteiger partial charge in [-0.05, 0) is 64.9 Å². The van der Waals surface area contributed by atoms with Crippen LogP contribution < -0.4 is 10.0 Å². The van der Waals surface area contributed by atoms with Crippen LogP contribution in [0.15, 0.2) is 54.6 Å². The molecule has 176 valence electrons. The van der Waals surface area contributed by atoms with E-state index in [0.717, 1.165) is 44.6 Å². The van der Waals surface area contributed by atoms with Gasteiger partial charge in [-0.1, -0.05) is 83.1 Å². The number of phenols is 1. The van der Waals surface area contributed by atoms with Crippen LogP contribution in [0.5, 0.6) is 11.5 Å². The Bertz CT molecular complexity index is 1100. The van der Waals surface area contributed by atoms with E-state index >= 15 is 0 Å². The first-order valence-corrected chi connectivity index (χ1v) is 12.1. The second-order valence-corrected chi connectivity index (χ2v) is 9.98. The highest BCUT2D eigenvalue weighted by Crippen LogP contribution is 2.34. The predicted molar refractivity (Wildman–Crippen MR) is 143 cm³/mol. The van der Waals surface area contributed by atoms with E-state index in [0.29, 0.717) is 5.75 Å². The van der Waals surface area contributed by atoms with Gasteiger partial charge in [-0.3, -0.25) is 4.79 Å². The number of esters is 1. The molecule has 33 heavy (non-hydrogen) atoms. The number of carbonyl (C=O) groups is 1. The van der Waals surface area contributed by atoms with Crippen molar-refractivity contribution in [3.8, 4) is 22.6 Å². The summed E-state index contributed by atoms with van der Waals surface area (Å²) in [6.07, 6.45) is 0.115. The third-order valence-corrected chi connectivity index (χ3v) is 5.71. The molecule has 4 heteroatoms. The van der Waals surface area contributed by atoms with E-state index in [2.05, 4.69) is 43.9 Å². The molecule has 0 heterocycles. The topological polar surface area (TPSA) is 46.5 Å². The van der Waals surface area contributed by atoms with E-state index in [1.165, 1.54) is 0 Å². The Hall–Kier alpha value is -2.64. The predicted octanol–water partition coefficient (Wildman–Crippen LogP) is 7.11. The van der Waals surface area contributed by atoms with Crippen LogP contribution in [0.25, 0.3) is 11.1 Å². The lowest BCUT2D eigenvalue weighted by Crippen LogP contribution is -2.15. The van der Waals surface area contributed by atoms with Crippen molar-refractivity contribution in [2.75, 3.05) is 0 Å². The zero-order valence-electron chi connectivity index (χ0n) is 20.9. The molecule has 0 saturated carbocycles. The van der Waals surface area contributed by atoms with Crippen LogP contribution in [0, 0.1) is 19.8 Å². The zero-order valence-corrected chi connectivity index (χ0v) is 22.1. The Morgan fingerprint density at radius 1 is 0.939 bits per heavy atom. The van der Waals surface area contributed by atoms with E-state index in [1.807, 2.05) is 68.4 Å². The number of para-hydroxylation sites is 1. The van der Waals surface area contributed by atoms with Gasteiger partial charge in [0.25, 0.3) is 0 Å². The normalized spacial score (nSPS) is 10.7. The van der Waals surface area contributed by atoms with E-state index in [4.69, 9.17) is 4.74 Å². The highest BCUT2D eigenvalue weighted by atomic mass is 31.0. The molecule has 0 amide bonds. The summed E-state index contributed by atoms with van der Waals surface area (Å²) in [5.74, 6) is 1.51. The van der Waals surface area contributed by atoms with E-state index in [-0.39, 0.29) is 24.1 Å². The number of benzene rings is 3. The maximum Gasteiger partial charge on any atom is 0.315 e. The highest BCUT2D eigenvalue weighted by molar-refractivity contribution is 7.28. The molecule has 0 radical (unpaired) electrons. The molecular formula is C29H37O3P. The van der Waals surface area contributed by atoms with Crippen molar-refractivity contribution >= 4 is 20.5 Å². The van der Waals surface area contributed by atoms with Crippen LogP contribution >= 0.6 is 9.24 Å². The summed E-state index contributed by atoms with van der Waals surface area (Å²) in [6, 6.07) is 17.5. The summed E-state index contributed by atoms with van der Waals surface area (Å²) < 4.78 is 5.79. The van der Waals surface area contributed by atoms with Crippen molar-refractivity contribution in [1.82, 2.24) is 0 Å². The molecule has 0 saturated heterocycles. The fourth-order valence-electron chi connectivity index (χ4n) is 3.62. The van der Waals surface area contributed by atoms with Crippen molar-refractivity contribution < 1.29 is 14.6 Å². The molecule has 3 rings (SSSR count). The van der Waals surface area contributed by atoms with Gasteiger partial charge in [-0.2, -0.15) is 0 Å². The van der Waals surface area contributed by atoms with Gasteiger partial charge < -0.3 is 9.84 Å². The van der Waals surface area contributed by atoms with Gasteiger partial charge in [0.05, 0.1) is 6.42 Å². The summed E-state index contributed by atoms with van der Waals surface area (Å²) in [5.41, 5.74) is 5.36. The van der Waals surface area contributed by atoms with Gasteiger partial charge in [0.1, 0.15) is 11.5 Å². The third-order valence-electron chi connectivity index (χ3n) is 5.21. The van der Waals surface area contributed by atoms with Gasteiger partial charge >= 0.3 is 5.97 Å². The van der Waals surface area contributed by atoms with Gasteiger partial charge in [-0.25, -0.2) is 0 Å². The first kappa shape index (κ1) is 26.6. The first-order chi connectivity index (χ1) is 15.5. The Morgan fingerprint density at radius 3 is 2.06 bits per heavy atom. The molecule has 0 aromatic heterocycles. The highest BCUT2D eigenvalue weighted by Gasteiger charge is 2.19. The van der Waals surface area contributed by atoms with Gasteiger partial charge in [-0.15, -0.1) is 9.24 Å². The minimum Gasteiger partial charge on any atom is -0.507 e. The number of rotatable bonds is 5. The summed E-state index contributed by atoms with van der Waals surface area (Å²) in [6.45, 7) is 14.4. The average Bonchev–Trinajstić information content (AvgIpc) is 2.74. The molecule has 3 aromatic rings. The van der Waals surface area contributed by atoms with Crippen molar-refractivity contribution in [2.24, 2.45) is 5.92 Å². The minimum atomic E-state index is -0.341. The molecular weight excluding hydrogens is 427 g/mol. The molecule has 3 nitrogen and oxygen atoms in total. The average molecular weight is 465 g/mol. The standard InChI is InChI=1S/C25H27O3P.C4H10/c1-15(2)20-13-16(3)25(27)17(4)21(20)14-24(26)28-22-11-7-5-9-18(22)19-10-6-8-12-23(19)29;1-4(2)3/h5-13,15,27H,14,29H2,1-4H3;4H,1-3H3. The van der Waals surface area contributed by atoms with Crippen molar-refractivity contribution in [2.45, 2.75) is 60.8 Å². The lowest BCUT2D eigenvalue weighted by molar-refractivity contribution is -0.133. The SMILES string of the molecule is CC(C)C.Cc1cc(C(C)C)c(CC(=O)Oc2ccccc2-c2ccccc2P)c(C)c1O. The molecule has 0 bridgehead atoms. The number of aromatic hydroxyl groups is 1. The second kappa shape index (κ2) is 12.0. The summed E-state index contributed by atoms with van der Waals surface area (Å²) in [7, 11) is 2.72. The van der Waals surface area contributed by atoms with Crippen molar-refractivity contribution in [1.29, 1.82) is 0 Å². The Kier molecular flexibility index (Phi) is 9.68. The summed E-state index contributed by atoms with van der Waals surface area (Å²) in [5, 5.41) is 11.4. The molecule has 1 unspecified atom stereocenters. The van der Waals surface area contributed by atoms with Crippen LogP contribution in [-0.2, 0) is 11.2 Å². The summed E-state index contributed by atoms with van der Waals surface area (Å²) >= 11 is 0. The van der Waals surface area contributed by atoms with Crippen LogP contribution in [0.2, 0.25) is 0 Å². The Balaban J connectivity index is 0.000000890. The molecule has 0 aliphatic rings. The smallest absolute Gasteiger partial charge is 0.315 e. The van der Waals surface area contributed by atoms with Crippen LogP contribution in [0.4, 0.5) is 0 Å². The lowest BCUT2D eigenvalue weighted by atomic mass is 9.89. The van der Waals surface area contributed by atoms with Crippen LogP contribution in [0.1, 0.15) is 62.8 Å². The molecule has 1 N–H and O–H groups in total. The number of phenolic OH excluding ortho intramolecular Hbond substituents is 1. The Labute approximate surface area is 201 Å². The van der Waals surface area contributed by atoms with Crippen molar-refractivity contribution in [3.63, 3.8) is 0 Å². The number of hydrogen-bond donors (Lipinski definition) is 1. The van der Waals surface area contributed by atoms with Gasteiger partial charge in [0, 0.05) is 5.56 Å². The second-order valence-electron chi connectivity index (χ2n) is 9.36. The van der Waals surface area contributed by atoms with Crippen molar-refractivity contribution in [3.05, 3.63) is 76.9 Å². The fraction of sp³-hybridized carbons (Fsp3) is 0.345. The number of carbonyl (C=O) groups excluding carboxylic acids is 1. The zero-order chi connectivity index (χ0) is 24.7.